The van der Waals surface area contributed by atoms with Gasteiger partial charge in [0.25, 0.3) is 5.91 Å². The Balaban J connectivity index is 1.30. The second-order valence-corrected chi connectivity index (χ2v) is 8.59. The van der Waals surface area contributed by atoms with Gasteiger partial charge >= 0.3 is 0 Å². The van der Waals surface area contributed by atoms with E-state index in [4.69, 9.17) is 0 Å². The summed E-state index contributed by atoms with van der Waals surface area (Å²) in [5.74, 6) is 0.154. The van der Waals surface area contributed by atoms with Gasteiger partial charge < -0.3 is 15.1 Å². The predicted octanol–water partition coefficient (Wildman–Crippen LogP) is 3.81. The fourth-order valence-electron chi connectivity index (χ4n) is 3.79. The van der Waals surface area contributed by atoms with Crippen LogP contribution in [0.4, 0.5) is 16.2 Å². The van der Waals surface area contributed by atoms with Crippen LogP contribution in [0.1, 0.15) is 17.3 Å². The monoisotopic (exact) mass is 463 g/mol. The lowest BCUT2D eigenvalue weighted by molar-refractivity contribution is 0.0643. The van der Waals surface area contributed by atoms with Gasteiger partial charge in [0.1, 0.15) is 11.5 Å². The number of aromatic nitrogens is 4. The molecule has 3 aromatic heterocycles. The highest BCUT2D eigenvalue weighted by atomic mass is 32.1. The van der Waals surface area contributed by atoms with Gasteiger partial charge in [-0.05, 0) is 30.8 Å². The molecule has 0 bridgehead atoms. The van der Waals surface area contributed by atoms with Gasteiger partial charge in [-0.2, -0.15) is 0 Å². The summed E-state index contributed by atoms with van der Waals surface area (Å²) < 4.78 is 15.4. The molecule has 33 heavy (non-hydrogen) atoms. The number of halogens is 1. The van der Waals surface area contributed by atoms with Gasteiger partial charge in [-0.15, -0.1) is 11.3 Å². The quantitative estimate of drug-likeness (QED) is 0.482. The number of benzene rings is 1. The first-order valence-corrected chi connectivity index (χ1v) is 11.6. The molecule has 8 nitrogen and oxygen atoms in total. The van der Waals surface area contributed by atoms with Gasteiger partial charge in [-0.1, -0.05) is 13.0 Å². The van der Waals surface area contributed by atoms with Crippen LogP contribution in [0.3, 0.4) is 0 Å². The molecule has 10 heteroatoms. The van der Waals surface area contributed by atoms with Crippen LogP contribution < -0.4 is 5.32 Å². The Hall–Kier alpha value is -3.50. The van der Waals surface area contributed by atoms with E-state index in [1.54, 1.807) is 29.9 Å². The van der Waals surface area contributed by atoms with Crippen molar-refractivity contribution < 1.29 is 9.18 Å². The molecule has 0 unspecified atom stereocenters. The Kier molecular flexibility index (Phi) is 5.93. The highest BCUT2D eigenvalue weighted by Crippen LogP contribution is 2.27. The Morgan fingerprint density at radius 2 is 1.94 bits per heavy atom. The fraction of sp³-hybridized carbons (Fsp3) is 0.261. The third kappa shape index (κ3) is 4.53. The number of pyridine rings is 1. The van der Waals surface area contributed by atoms with Crippen molar-refractivity contribution in [2.45, 2.75) is 6.92 Å². The smallest absolute Gasteiger partial charge is 0.255 e. The van der Waals surface area contributed by atoms with Gasteiger partial charge in [0.15, 0.2) is 5.82 Å². The van der Waals surface area contributed by atoms with E-state index in [9.17, 15) is 9.18 Å². The standard InChI is InChI=1S/C23H22FN7OS/c1-2-30-7-9-31(10-8-30)22(32)16-4-6-20(25-12-16)28-23-26-13-17(24)21(29-23)15-3-5-18-19(11-15)33-14-27-18/h3-6,11-14H,2,7-10H2,1H3,(H,25,26,28,29). The molecule has 1 amide bonds. The third-order valence-electron chi connectivity index (χ3n) is 5.71. The van der Waals surface area contributed by atoms with Crippen LogP contribution in [-0.4, -0.2) is 68.4 Å². The molecule has 0 atom stereocenters. The zero-order chi connectivity index (χ0) is 22.8. The fourth-order valence-corrected chi connectivity index (χ4v) is 4.51. The summed E-state index contributed by atoms with van der Waals surface area (Å²) in [5, 5.41) is 2.99. The minimum atomic E-state index is -0.513. The second kappa shape index (κ2) is 9.16. The van der Waals surface area contributed by atoms with Crippen molar-refractivity contribution in [3.63, 3.8) is 0 Å². The van der Waals surface area contributed by atoms with Crippen molar-refractivity contribution in [2.24, 2.45) is 0 Å². The van der Waals surface area contributed by atoms with Crippen LogP contribution in [0.15, 0.2) is 48.2 Å². The highest BCUT2D eigenvalue weighted by Gasteiger charge is 2.21. The molecule has 0 spiro atoms. The van der Waals surface area contributed by atoms with Crippen LogP contribution in [-0.2, 0) is 0 Å². The topological polar surface area (TPSA) is 87.1 Å². The van der Waals surface area contributed by atoms with Crippen molar-refractivity contribution in [3.05, 3.63) is 59.6 Å². The van der Waals surface area contributed by atoms with Crippen LogP contribution in [0.2, 0.25) is 0 Å². The first-order valence-electron chi connectivity index (χ1n) is 10.7. The average molecular weight is 464 g/mol. The van der Waals surface area contributed by atoms with Crippen molar-refractivity contribution in [1.29, 1.82) is 0 Å². The molecule has 4 heterocycles. The van der Waals surface area contributed by atoms with Gasteiger partial charge in [-0.25, -0.2) is 24.3 Å². The average Bonchev–Trinajstić information content (AvgIpc) is 3.33. The SMILES string of the molecule is CCN1CCN(C(=O)c2ccc(Nc3ncc(F)c(-c4ccc5ncsc5c4)n3)nc2)CC1. The van der Waals surface area contributed by atoms with Crippen LogP contribution >= 0.6 is 11.3 Å². The Labute approximate surface area is 194 Å². The van der Waals surface area contributed by atoms with Gasteiger partial charge in [-0.3, -0.25) is 4.79 Å². The normalized spacial score (nSPS) is 14.5. The number of nitrogens with zero attached hydrogens (tertiary/aromatic N) is 6. The maximum Gasteiger partial charge on any atom is 0.255 e. The molecule has 0 saturated carbocycles. The molecular formula is C23H22FN7OS. The maximum atomic E-state index is 14.5. The lowest BCUT2D eigenvalue weighted by Gasteiger charge is -2.34. The van der Waals surface area contributed by atoms with E-state index in [1.165, 1.54) is 11.3 Å². The zero-order valence-corrected chi connectivity index (χ0v) is 18.8. The molecule has 168 valence electrons. The molecule has 1 aliphatic heterocycles. The van der Waals surface area contributed by atoms with E-state index in [0.717, 1.165) is 36.0 Å². The molecule has 5 rings (SSSR count). The number of piperazine rings is 1. The molecule has 1 aliphatic rings. The molecule has 1 N–H and O–H groups in total. The molecule has 4 aromatic rings. The van der Waals surface area contributed by atoms with Crippen molar-refractivity contribution >= 4 is 39.2 Å². The van der Waals surface area contributed by atoms with Crippen LogP contribution in [0.5, 0.6) is 0 Å². The summed E-state index contributed by atoms with van der Waals surface area (Å²) in [4.78, 5) is 33.9. The zero-order valence-electron chi connectivity index (χ0n) is 18.0. The lowest BCUT2D eigenvalue weighted by atomic mass is 10.1. The highest BCUT2D eigenvalue weighted by molar-refractivity contribution is 7.16. The number of anilines is 2. The summed E-state index contributed by atoms with van der Waals surface area (Å²) in [7, 11) is 0. The van der Waals surface area contributed by atoms with E-state index >= 15 is 0 Å². The van der Waals surface area contributed by atoms with Gasteiger partial charge in [0.2, 0.25) is 5.95 Å². The minimum Gasteiger partial charge on any atom is -0.336 e. The number of nitrogens with one attached hydrogen (secondary N) is 1. The second-order valence-electron chi connectivity index (χ2n) is 7.71. The first-order chi connectivity index (χ1) is 16.1. The number of thiazole rings is 1. The number of likely N-dealkylation sites (N-methyl/N-ethyl adjacent to an activating group) is 1. The molecule has 1 fully saturated rings. The van der Waals surface area contributed by atoms with Crippen molar-refractivity contribution in [3.8, 4) is 11.3 Å². The molecule has 1 saturated heterocycles. The van der Waals surface area contributed by atoms with Gasteiger partial charge in [0.05, 0.1) is 27.5 Å². The summed E-state index contributed by atoms with van der Waals surface area (Å²) >= 11 is 1.49. The summed E-state index contributed by atoms with van der Waals surface area (Å²) in [6.07, 6.45) is 2.67. The van der Waals surface area contributed by atoms with Crippen molar-refractivity contribution in [1.82, 2.24) is 29.7 Å². The molecule has 0 radical (unpaired) electrons. The Bertz CT molecular complexity index is 1290. The van der Waals surface area contributed by atoms with Crippen LogP contribution in [0, 0.1) is 5.82 Å². The Morgan fingerprint density at radius 1 is 1.09 bits per heavy atom. The number of rotatable bonds is 5. The molecule has 0 aliphatic carbocycles. The summed E-state index contributed by atoms with van der Waals surface area (Å²) in [6, 6.07) is 8.92. The van der Waals surface area contributed by atoms with E-state index in [1.807, 2.05) is 17.0 Å². The lowest BCUT2D eigenvalue weighted by Crippen LogP contribution is -2.48. The molecule has 1 aromatic carbocycles. The van der Waals surface area contributed by atoms with Gasteiger partial charge in [0, 0.05) is 37.9 Å². The number of carbonyl (C=O) groups is 1. The summed E-state index contributed by atoms with van der Waals surface area (Å²) in [6.45, 7) is 6.32. The van der Waals surface area contributed by atoms with E-state index in [2.05, 4.69) is 37.1 Å². The number of fused-ring (bicyclic) bond motifs is 1. The first kappa shape index (κ1) is 21.4. The third-order valence-corrected chi connectivity index (χ3v) is 6.50. The largest absolute Gasteiger partial charge is 0.336 e. The van der Waals surface area contributed by atoms with E-state index in [0.29, 0.717) is 30.0 Å². The van der Waals surface area contributed by atoms with Crippen molar-refractivity contribution in [2.75, 3.05) is 38.0 Å². The van der Waals surface area contributed by atoms with Crippen LogP contribution in [0.25, 0.3) is 21.5 Å². The number of carbonyl (C=O) groups excluding carboxylic acids is 1. The number of hydrogen-bond acceptors (Lipinski definition) is 8. The number of hydrogen-bond donors (Lipinski definition) is 1. The summed E-state index contributed by atoms with van der Waals surface area (Å²) in [5.41, 5.74) is 3.99. The minimum absolute atomic E-state index is 0.0245. The van der Waals surface area contributed by atoms with E-state index in [-0.39, 0.29) is 17.5 Å². The number of amides is 1. The maximum absolute atomic E-state index is 14.5. The Morgan fingerprint density at radius 3 is 2.70 bits per heavy atom. The molecular weight excluding hydrogens is 441 g/mol. The predicted molar refractivity (Wildman–Crippen MR) is 126 cm³/mol. The van der Waals surface area contributed by atoms with E-state index < -0.39 is 5.82 Å².